The van der Waals surface area contributed by atoms with Crippen molar-refractivity contribution in [3.63, 3.8) is 0 Å². The molecule has 0 N–H and O–H groups in total. The van der Waals surface area contributed by atoms with Crippen LogP contribution < -0.4 is 0 Å². The van der Waals surface area contributed by atoms with Crippen LogP contribution in [0.4, 0.5) is 0 Å². The van der Waals surface area contributed by atoms with Gasteiger partial charge >= 0.3 is 0 Å². The average Bonchev–Trinajstić information content (AvgIpc) is 2.65. The lowest BCUT2D eigenvalue weighted by atomic mass is 10.1. The zero-order chi connectivity index (χ0) is 11.6. The van der Waals surface area contributed by atoms with E-state index in [1.807, 2.05) is 19.1 Å². The highest BCUT2D eigenvalue weighted by molar-refractivity contribution is 7.94. The van der Waals surface area contributed by atoms with Crippen molar-refractivity contribution in [3.8, 4) is 0 Å². The maximum Gasteiger partial charge on any atom is 0.285 e. The molecule has 1 fully saturated rings. The van der Waals surface area contributed by atoms with Crippen LogP contribution in [0.25, 0.3) is 0 Å². The first kappa shape index (κ1) is 11.3. The molecule has 1 aromatic rings. The van der Waals surface area contributed by atoms with Gasteiger partial charge in [-0.15, -0.1) is 0 Å². The summed E-state index contributed by atoms with van der Waals surface area (Å²) in [5, 5.41) is 0. The minimum atomic E-state index is -2.24. The lowest BCUT2D eigenvalue weighted by molar-refractivity contribution is 0.100. The third-order valence-electron chi connectivity index (χ3n) is 2.80. The van der Waals surface area contributed by atoms with E-state index in [4.69, 9.17) is 0 Å². The number of rotatable bonds is 1. The summed E-state index contributed by atoms with van der Waals surface area (Å²) in [7, 11) is -2.24. The van der Waals surface area contributed by atoms with Crippen LogP contribution in [-0.4, -0.2) is 21.6 Å². The maximum absolute atomic E-state index is 12.1. The smallest absolute Gasteiger partial charge is 0.266 e. The van der Waals surface area contributed by atoms with E-state index in [0.29, 0.717) is 17.1 Å². The molecule has 1 aliphatic heterocycles. The zero-order valence-electron chi connectivity index (χ0n) is 9.31. The van der Waals surface area contributed by atoms with Crippen LogP contribution in [0, 0.1) is 6.92 Å². The van der Waals surface area contributed by atoms with Gasteiger partial charge in [-0.05, 0) is 31.4 Å². The molecular weight excluding hydrogens is 222 g/mol. The van der Waals surface area contributed by atoms with Gasteiger partial charge < -0.3 is 0 Å². The molecule has 1 heterocycles. The molecule has 4 heteroatoms. The Morgan fingerprint density at radius 3 is 2.50 bits per heavy atom. The molecule has 1 aliphatic rings. The summed E-state index contributed by atoms with van der Waals surface area (Å²) >= 11 is 0. The highest BCUT2D eigenvalue weighted by atomic mass is 32.2. The Morgan fingerprint density at radius 1 is 1.25 bits per heavy atom. The molecule has 16 heavy (non-hydrogen) atoms. The topological polar surface area (TPSA) is 46.5 Å². The Labute approximate surface area is 96.1 Å². The summed E-state index contributed by atoms with van der Waals surface area (Å²) in [4.78, 5) is 11.9. The van der Waals surface area contributed by atoms with E-state index in [9.17, 15) is 9.00 Å². The molecule has 1 amide bonds. The van der Waals surface area contributed by atoms with Gasteiger partial charge in [0.05, 0.1) is 9.73 Å². The van der Waals surface area contributed by atoms with Gasteiger partial charge in [-0.2, -0.15) is 4.36 Å². The maximum atomic E-state index is 12.1. The van der Waals surface area contributed by atoms with Crippen LogP contribution >= 0.6 is 0 Å². The molecule has 86 valence electrons. The zero-order valence-corrected chi connectivity index (χ0v) is 10.1. The Kier molecular flexibility index (Phi) is 3.10. The molecular formula is C12H15NO2S. The third kappa shape index (κ3) is 2.32. The second-order valence-corrected chi connectivity index (χ2v) is 6.64. The number of carbonyl (C=O) groups is 1. The monoisotopic (exact) mass is 237 g/mol. The van der Waals surface area contributed by atoms with Gasteiger partial charge in [-0.25, -0.2) is 4.21 Å². The van der Waals surface area contributed by atoms with E-state index in [1.165, 1.54) is 0 Å². The minimum absolute atomic E-state index is 0.329. The number of amides is 1. The molecule has 0 unspecified atom stereocenters. The van der Waals surface area contributed by atoms with Crippen LogP contribution in [0.1, 0.15) is 28.8 Å². The van der Waals surface area contributed by atoms with Crippen LogP contribution in [-0.2, 0) is 9.73 Å². The van der Waals surface area contributed by atoms with Gasteiger partial charge in [0.2, 0.25) is 0 Å². The van der Waals surface area contributed by atoms with E-state index >= 15 is 0 Å². The SMILES string of the molecule is Cc1ccccc1C(=O)N=S1(=O)CCCC1. The van der Waals surface area contributed by atoms with Crippen LogP contribution in [0.15, 0.2) is 28.6 Å². The molecule has 1 aromatic carbocycles. The van der Waals surface area contributed by atoms with Crippen molar-refractivity contribution in [2.24, 2.45) is 4.36 Å². The van der Waals surface area contributed by atoms with Crippen LogP contribution in [0.2, 0.25) is 0 Å². The summed E-state index contributed by atoms with van der Waals surface area (Å²) in [6.07, 6.45) is 1.84. The standard InChI is InChI=1S/C12H15NO2S/c1-10-6-2-3-7-11(10)12(14)13-16(15)8-4-5-9-16/h2-3,6-7H,4-5,8-9H2,1H3. The highest BCUT2D eigenvalue weighted by Crippen LogP contribution is 2.16. The fraction of sp³-hybridized carbons (Fsp3) is 0.417. The first-order chi connectivity index (χ1) is 7.61. The van der Waals surface area contributed by atoms with E-state index < -0.39 is 9.73 Å². The number of hydrogen-bond donors (Lipinski definition) is 0. The lowest BCUT2D eigenvalue weighted by Crippen LogP contribution is -2.07. The number of hydrogen-bond acceptors (Lipinski definition) is 2. The van der Waals surface area contributed by atoms with Crippen molar-refractivity contribution < 1.29 is 9.00 Å². The Hall–Kier alpha value is -1.16. The highest BCUT2D eigenvalue weighted by Gasteiger charge is 2.19. The Balaban J connectivity index is 2.34. The van der Waals surface area contributed by atoms with E-state index in [0.717, 1.165) is 18.4 Å². The fourth-order valence-corrected chi connectivity index (χ4v) is 3.96. The molecule has 3 nitrogen and oxygen atoms in total. The number of carbonyl (C=O) groups excluding carboxylic acids is 1. The largest absolute Gasteiger partial charge is 0.285 e. The van der Waals surface area contributed by atoms with Gasteiger partial charge in [0.1, 0.15) is 0 Å². The number of aryl methyl sites for hydroxylation is 1. The van der Waals surface area contributed by atoms with E-state index in [-0.39, 0.29) is 5.91 Å². The van der Waals surface area contributed by atoms with Crippen molar-refractivity contribution in [2.75, 3.05) is 11.5 Å². The molecule has 2 rings (SSSR count). The van der Waals surface area contributed by atoms with Crippen molar-refractivity contribution in [1.29, 1.82) is 0 Å². The molecule has 0 bridgehead atoms. The first-order valence-electron chi connectivity index (χ1n) is 5.43. The number of nitrogens with zero attached hydrogens (tertiary/aromatic N) is 1. The number of benzene rings is 1. The van der Waals surface area contributed by atoms with Crippen molar-refractivity contribution in [3.05, 3.63) is 35.4 Å². The van der Waals surface area contributed by atoms with Crippen molar-refractivity contribution in [2.45, 2.75) is 19.8 Å². The van der Waals surface area contributed by atoms with E-state index in [2.05, 4.69) is 4.36 Å². The average molecular weight is 237 g/mol. The Bertz CT molecular complexity index is 516. The van der Waals surface area contributed by atoms with E-state index in [1.54, 1.807) is 12.1 Å². The molecule has 0 atom stereocenters. The Morgan fingerprint density at radius 2 is 1.88 bits per heavy atom. The van der Waals surface area contributed by atoms with Crippen molar-refractivity contribution >= 4 is 15.6 Å². The molecule has 0 aromatic heterocycles. The molecule has 1 saturated heterocycles. The summed E-state index contributed by atoms with van der Waals surface area (Å²) in [5.41, 5.74) is 1.45. The summed E-state index contributed by atoms with van der Waals surface area (Å²) in [6.45, 7) is 1.87. The third-order valence-corrected chi connectivity index (χ3v) is 5.15. The predicted octanol–water partition coefficient (Wildman–Crippen LogP) is 2.40. The quantitative estimate of drug-likeness (QED) is 0.753. The van der Waals surface area contributed by atoms with Crippen molar-refractivity contribution in [1.82, 2.24) is 0 Å². The predicted molar refractivity (Wildman–Crippen MR) is 65.0 cm³/mol. The second-order valence-electron chi connectivity index (χ2n) is 4.10. The molecule has 0 radical (unpaired) electrons. The fourth-order valence-electron chi connectivity index (χ4n) is 1.86. The van der Waals surface area contributed by atoms with Crippen LogP contribution in [0.3, 0.4) is 0 Å². The van der Waals surface area contributed by atoms with Gasteiger partial charge in [0, 0.05) is 17.1 Å². The second kappa shape index (κ2) is 4.37. The minimum Gasteiger partial charge on any atom is -0.266 e. The van der Waals surface area contributed by atoms with Gasteiger partial charge in [-0.3, -0.25) is 4.79 Å². The normalized spacial score (nSPS) is 18.3. The molecule has 0 aliphatic carbocycles. The molecule has 0 saturated carbocycles. The first-order valence-corrected chi connectivity index (χ1v) is 7.28. The summed E-state index contributed by atoms with van der Waals surface area (Å²) < 4.78 is 16.0. The van der Waals surface area contributed by atoms with Crippen LogP contribution in [0.5, 0.6) is 0 Å². The van der Waals surface area contributed by atoms with Gasteiger partial charge in [0.15, 0.2) is 0 Å². The van der Waals surface area contributed by atoms with Gasteiger partial charge in [0.25, 0.3) is 5.91 Å². The van der Waals surface area contributed by atoms with Gasteiger partial charge in [-0.1, -0.05) is 18.2 Å². The molecule has 0 spiro atoms. The summed E-state index contributed by atoms with van der Waals surface area (Å²) in [6, 6.07) is 7.28. The summed E-state index contributed by atoms with van der Waals surface area (Å²) in [5.74, 6) is 0.819. The lowest BCUT2D eigenvalue weighted by Gasteiger charge is -2.02.